The minimum absolute atomic E-state index is 0.0832. The fourth-order valence-electron chi connectivity index (χ4n) is 2.20. The largest absolute Gasteiger partial charge is 0.394 e. The van der Waals surface area contributed by atoms with Crippen LogP contribution in [0, 0.1) is 0 Å². The lowest BCUT2D eigenvalue weighted by atomic mass is 10.1. The smallest absolute Gasteiger partial charge is 0.330 e. The molecule has 1 aromatic heterocycles. The van der Waals surface area contributed by atoms with Crippen molar-refractivity contribution in [2.24, 2.45) is 0 Å². The van der Waals surface area contributed by atoms with Crippen LogP contribution in [0.15, 0.2) is 20.3 Å². The maximum atomic E-state index is 11.6. The average Bonchev–Trinajstić information content (AvgIpc) is 2.88. The predicted octanol–water partition coefficient (Wildman–Crippen LogP) is -2.06. The van der Waals surface area contributed by atoms with Gasteiger partial charge in [-0.15, -0.1) is 0 Å². The Balaban J connectivity index is 0.000000292. The van der Waals surface area contributed by atoms with Gasteiger partial charge < -0.3 is 29.5 Å². The number of H-pyrrole nitrogens is 1. The Hall–Kier alpha value is -1.08. The Morgan fingerprint density at radius 2 is 1.75 bits per heavy atom. The third kappa shape index (κ3) is 4.51. The van der Waals surface area contributed by atoms with Crippen molar-refractivity contribution in [3.8, 4) is 0 Å². The molecule has 0 radical (unpaired) electrons. The van der Waals surface area contributed by atoms with Gasteiger partial charge in [0.2, 0.25) is 0 Å². The fourth-order valence-corrected chi connectivity index (χ4v) is 2.52. The van der Waals surface area contributed by atoms with Gasteiger partial charge in [-0.25, -0.2) is 4.79 Å². The van der Waals surface area contributed by atoms with Crippen molar-refractivity contribution < 1.29 is 29.5 Å². The summed E-state index contributed by atoms with van der Waals surface area (Å²) in [6.45, 7) is 2.62. The van der Waals surface area contributed by atoms with Crippen molar-refractivity contribution in [3.05, 3.63) is 31.5 Å². The van der Waals surface area contributed by atoms with Crippen LogP contribution in [0.25, 0.3) is 0 Å². The Kier molecular flexibility index (Phi) is 7.10. The fraction of sp³-hybridized carbons (Fsp3) is 0.692. The van der Waals surface area contributed by atoms with Crippen LogP contribution in [0.5, 0.6) is 0 Å². The lowest BCUT2D eigenvalue weighted by Gasteiger charge is -2.17. The predicted molar refractivity (Wildman–Crippen MR) is 83.7 cm³/mol. The van der Waals surface area contributed by atoms with E-state index in [1.165, 1.54) is 0 Å². The first-order valence-electron chi connectivity index (χ1n) is 7.24. The Bertz CT molecular complexity index is 632. The Morgan fingerprint density at radius 3 is 2.21 bits per heavy atom. The van der Waals surface area contributed by atoms with E-state index < -0.39 is 42.4 Å². The van der Waals surface area contributed by atoms with E-state index in [-0.39, 0.29) is 4.47 Å². The number of ether oxygens (including phenoxy) is 3. The molecule has 0 saturated carbocycles. The molecule has 136 valence electrons. The van der Waals surface area contributed by atoms with Crippen LogP contribution >= 0.6 is 15.9 Å². The van der Waals surface area contributed by atoms with Gasteiger partial charge >= 0.3 is 5.69 Å². The van der Waals surface area contributed by atoms with E-state index in [9.17, 15) is 19.8 Å². The van der Waals surface area contributed by atoms with E-state index in [4.69, 9.17) is 19.3 Å². The van der Waals surface area contributed by atoms with Gasteiger partial charge in [-0.05, 0) is 15.9 Å². The lowest BCUT2D eigenvalue weighted by molar-refractivity contribution is -0.0551. The van der Waals surface area contributed by atoms with Gasteiger partial charge in [0.1, 0.15) is 18.3 Å². The molecule has 2 aliphatic heterocycles. The van der Waals surface area contributed by atoms with Crippen LogP contribution in [0.1, 0.15) is 6.23 Å². The van der Waals surface area contributed by atoms with Crippen LogP contribution in [0.2, 0.25) is 0 Å². The molecule has 0 unspecified atom stereocenters. The number of aliphatic hydroxyl groups excluding tert-OH is 3. The molecule has 4 N–H and O–H groups in total. The van der Waals surface area contributed by atoms with Crippen LogP contribution in [0.3, 0.4) is 0 Å². The van der Waals surface area contributed by atoms with E-state index >= 15 is 0 Å². The first kappa shape index (κ1) is 19.2. The second-order valence-electron chi connectivity index (χ2n) is 5.10. The zero-order valence-corrected chi connectivity index (χ0v) is 14.2. The van der Waals surface area contributed by atoms with Gasteiger partial charge in [0.05, 0.1) is 37.5 Å². The molecule has 11 heteroatoms. The summed E-state index contributed by atoms with van der Waals surface area (Å²) in [7, 11) is 0. The molecule has 2 aliphatic rings. The number of hydrogen-bond donors (Lipinski definition) is 4. The summed E-state index contributed by atoms with van der Waals surface area (Å²) in [5.41, 5.74) is -1.39. The number of rotatable bonds is 2. The standard InChI is InChI=1S/C9H11BrN2O6.C4H8O2/c10-3-1-12(9(17)11-7(3)16)8-6(15)5(14)4(2-13)18-8;1-2-6-4-3-5-1/h1,4-6,8,13-15H,2H2,(H,11,16,17);1-4H2/t4-,5-,6-,8-;/m1./s1. The first-order valence-corrected chi connectivity index (χ1v) is 8.04. The number of aliphatic hydroxyl groups is 3. The minimum atomic E-state index is -1.38. The second-order valence-corrected chi connectivity index (χ2v) is 5.95. The van der Waals surface area contributed by atoms with Crippen LogP contribution in [-0.4, -0.2) is 76.2 Å². The molecule has 24 heavy (non-hydrogen) atoms. The number of hydrogen-bond acceptors (Lipinski definition) is 8. The van der Waals surface area contributed by atoms with E-state index in [1.807, 2.05) is 4.98 Å². The number of aromatic amines is 1. The number of nitrogens with one attached hydrogen (secondary N) is 1. The van der Waals surface area contributed by atoms with Gasteiger partial charge in [0, 0.05) is 6.20 Å². The molecule has 0 aromatic carbocycles. The lowest BCUT2D eigenvalue weighted by Crippen LogP contribution is -2.38. The summed E-state index contributed by atoms with van der Waals surface area (Å²) >= 11 is 2.94. The second kappa shape index (κ2) is 8.85. The molecule has 0 amide bonds. The van der Waals surface area contributed by atoms with Crippen molar-refractivity contribution in [1.29, 1.82) is 0 Å². The third-order valence-electron chi connectivity index (χ3n) is 3.46. The van der Waals surface area contributed by atoms with Gasteiger partial charge in [-0.1, -0.05) is 0 Å². The highest BCUT2D eigenvalue weighted by Gasteiger charge is 2.43. The van der Waals surface area contributed by atoms with E-state index in [0.717, 1.165) is 37.2 Å². The van der Waals surface area contributed by atoms with Crippen LogP contribution in [-0.2, 0) is 14.2 Å². The van der Waals surface area contributed by atoms with E-state index in [1.54, 1.807) is 0 Å². The van der Waals surface area contributed by atoms with Gasteiger partial charge in [-0.2, -0.15) is 0 Å². The van der Waals surface area contributed by atoms with Crippen molar-refractivity contribution >= 4 is 15.9 Å². The van der Waals surface area contributed by atoms with Crippen molar-refractivity contribution in [3.63, 3.8) is 0 Å². The quantitative estimate of drug-likeness (QED) is 0.435. The highest BCUT2D eigenvalue weighted by atomic mass is 79.9. The third-order valence-corrected chi connectivity index (χ3v) is 4.02. The monoisotopic (exact) mass is 410 g/mol. The molecule has 3 heterocycles. The molecular formula is C13H19BrN2O8. The Labute approximate surface area is 144 Å². The summed E-state index contributed by atoms with van der Waals surface area (Å²) in [6, 6.07) is 0. The van der Waals surface area contributed by atoms with Crippen LogP contribution in [0.4, 0.5) is 0 Å². The maximum absolute atomic E-state index is 11.6. The first-order chi connectivity index (χ1) is 11.5. The molecule has 10 nitrogen and oxygen atoms in total. The van der Waals surface area contributed by atoms with Gasteiger partial charge in [0.15, 0.2) is 6.23 Å². The summed E-state index contributed by atoms with van der Waals surface area (Å²) in [6.07, 6.45) is -3.68. The summed E-state index contributed by atoms with van der Waals surface area (Å²) < 4.78 is 16.1. The minimum Gasteiger partial charge on any atom is -0.394 e. The maximum Gasteiger partial charge on any atom is 0.330 e. The molecule has 0 bridgehead atoms. The molecule has 0 aliphatic carbocycles. The van der Waals surface area contributed by atoms with Crippen molar-refractivity contribution in [2.75, 3.05) is 33.0 Å². The van der Waals surface area contributed by atoms with Crippen molar-refractivity contribution in [1.82, 2.24) is 9.55 Å². The molecule has 2 fully saturated rings. The highest BCUT2D eigenvalue weighted by molar-refractivity contribution is 9.10. The number of aromatic nitrogens is 2. The van der Waals surface area contributed by atoms with Crippen molar-refractivity contribution in [2.45, 2.75) is 24.5 Å². The number of halogens is 1. The Morgan fingerprint density at radius 1 is 1.17 bits per heavy atom. The molecule has 1 aromatic rings. The van der Waals surface area contributed by atoms with Gasteiger partial charge in [-0.3, -0.25) is 14.3 Å². The van der Waals surface area contributed by atoms with Crippen LogP contribution < -0.4 is 11.2 Å². The topological polar surface area (TPSA) is 143 Å². The molecule has 4 atom stereocenters. The number of nitrogens with zero attached hydrogens (tertiary/aromatic N) is 1. The molecule has 0 spiro atoms. The summed E-state index contributed by atoms with van der Waals surface area (Å²) in [5, 5.41) is 28.3. The van der Waals surface area contributed by atoms with E-state index in [0.29, 0.717) is 0 Å². The SMILES string of the molecule is C1COCCO1.O=c1[nH]c(=O)n([C@@H]2O[C@H](CO)[C@@H](O)[C@H]2O)cc1Br. The molecular weight excluding hydrogens is 392 g/mol. The zero-order valence-electron chi connectivity index (χ0n) is 12.6. The molecule has 2 saturated heterocycles. The average molecular weight is 411 g/mol. The summed E-state index contributed by atoms with van der Waals surface area (Å²) in [5.74, 6) is 0. The summed E-state index contributed by atoms with van der Waals surface area (Å²) in [4.78, 5) is 24.8. The molecule has 3 rings (SSSR count). The normalized spacial score (nSPS) is 29.8. The highest BCUT2D eigenvalue weighted by Crippen LogP contribution is 2.28. The van der Waals surface area contributed by atoms with Gasteiger partial charge in [0.25, 0.3) is 5.56 Å². The zero-order chi connectivity index (χ0) is 17.7. The van der Waals surface area contributed by atoms with E-state index in [2.05, 4.69) is 15.9 Å².